The van der Waals surface area contributed by atoms with E-state index < -0.39 is 0 Å². The van der Waals surface area contributed by atoms with Crippen LogP contribution in [0.5, 0.6) is 0 Å². The van der Waals surface area contributed by atoms with Crippen LogP contribution in [0.1, 0.15) is 216 Å². The Bertz CT molecular complexity index is 1540. The molecule has 0 unspecified atom stereocenters. The van der Waals surface area contributed by atoms with Gasteiger partial charge < -0.3 is 24.8 Å². The average Bonchev–Trinajstić information content (AvgIpc) is 3.17. The number of halogens is 2. The van der Waals surface area contributed by atoms with E-state index in [0.29, 0.717) is 23.7 Å². The fourth-order valence-corrected chi connectivity index (χ4v) is 10.3. The van der Waals surface area contributed by atoms with Crippen molar-refractivity contribution in [2.75, 3.05) is 0 Å². The Morgan fingerprint density at radius 3 is 0.926 bits per heavy atom. The van der Waals surface area contributed by atoms with Crippen molar-refractivity contribution in [2.45, 2.75) is 187 Å². The van der Waals surface area contributed by atoms with E-state index in [9.17, 15) is 0 Å². The number of aromatic nitrogens is 1. The van der Waals surface area contributed by atoms with Crippen LogP contribution in [0, 0.1) is 20.8 Å². The molecule has 0 spiro atoms. The van der Waals surface area contributed by atoms with Gasteiger partial charge in [0.05, 0.1) is 34.2 Å². The first-order chi connectivity index (χ1) is 24.8. The van der Waals surface area contributed by atoms with Crippen LogP contribution in [0.15, 0.2) is 46.4 Å². The Morgan fingerprint density at radius 2 is 0.667 bits per heavy atom. The van der Waals surface area contributed by atoms with Gasteiger partial charge in [0.25, 0.3) is 0 Å². The third kappa shape index (κ3) is 10.7. The van der Waals surface area contributed by atoms with E-state index in [4.69, 9.17) is 15.0 Å². The predicted molar refractivity (Wildman–Crippen MR) is 218 cm³/mol. The van der Waals surface area contributed by atoms with E-state index >= 15 is 0 Å². The van der Waals surface area contributed by atoms with Crippen molar-refractivity contribution in [1.29, 1.82) is 0 Å². The Morgan fingerprint density at radius 1 is 0.426 bits per heavy atom. The van der Waals surface area contributed by atoms with Gasteiger partial charge in [0, 0.05) is 0 Å². The zero-order valence-electron chi connectivity index (χ0n) is 34.0. The second kappa shape index (κ2) is 21.0. The number of hydrogen-bond acceptors (Lipinski definition) is 3. The summed E-state index contributed by atoms with van der Waals surface area (Å²) in [6, 6.07) is 14.4. The molecule has 4 fully saturated rings. The molecule has 6 heteroatoms. The number of aliphatic imine (C=N–C) groups is 2. The van der Waals surface area contributed by atoms with Crippen molar-refractivity contribution in [1.82, 2.24) is 4.98 Å². The maximum absolute atomic E-state index is 5.62. The minimum atomic E-state index is 0. The number of hydrogen-bond donors (Lipinski definition) is 0. The van der Waals surface area contributed by atoms with Crippen LogP contribution in [0.25, 0.3) is 0 Å². The van der Waals surface area contributed by atoms with Gasteiger partial charge in [0.1, 0.15) is 0 Å². The Kier molecular flexibility index (Phi) is 17.4. The summed E-state index contributed by atoms with van der Waals surface area (Å²) in [6.07, 6.45) is 26.6. The molecule has 4 saturated carbocycles. The van der Waals surface area contributed by atoms with Crippen LogP contribution in [-0.4, -0.2) is 16.4 Å². The van der Waals surface area contributed by atoms with Crippen molar-refractivity contribution in [3.05, 3.63) is 86.7 Å². The molecule has 4 aliphatic rings. The zero-order valence-corrected chi connectivity index (χ0v) is 36.9. The van der Waals surface area contributed by atoms with Gasteiger partial charge in [0.2, 0.25) is 0 Å². The monoisotopic (exact) mass is 804 g/mol. The van der Waals surface area contributed by atoms with Gasteiger partial charge in [-0.2, -0.15) is 0 Å². The fourth-order valence-electron chi connectivity index (χ4n) is 10.3. The minimum Gasteiger partial charge on any atom is -1.00 e. The molecular weight excluding hydrogens is 740 g/mol. The van der Waals surface area contributed by atoms with Crippen molar-refractivity contribution >= 4 is 22.8 Å². The molecule has 1 aromatic heterocycles. The van der Waals surface area contributed by atoms with Crippen LogP contribution in [0.4, 0.5) is 11.4 Å². The molecule has 1 radical (unpaired) electrons. The van der Waals surface area contributed by atoms with Crippen molar-refractivity contribution in [3.8, 4) is 0 Å². The normalized spacial score (nSPS) is 19.8. The molecule has 1 heterocycles. The third-order valence-corrected chi connectivity index (χ3v) is 13.1. The number of pyridine rings is 1. The van der Waals surface area contributed by atoms with Crippen molar-refractivity contribution in [2.24, 2.45) is 9.98 Å². The average molecular weight is 806 g/mol. The molecule has 0 bridgehead atoms. The first-order valence-electron chi connectivity index (χ1n) is 21.2. The minimum absolute atomic E-state index is 0. The summed E-state index contributed by atoms with van der Waals surface area (Å²) in [5, 5.41) is 0. The second-order valence-electron chi connectivity index (χ2n) is 17.2. The summed E-state index contributed by atoms with van der Waals surface area (Å²) in [7, 11) is 0. The van der Waals surface area contributed by atoms with E-state index in [1.807, 2.05) is 0 Å². The smallest absolute Gasteiger partial charge is 1.00 e. The molecule has 7 rings (SSSR count). The Hall–Kier alpha value is -1.91. The summed E-state index contributed by atoms with van der Waals surface area (Å²) in [5.74, 6) is 2.48. The van der Waals surface area contributed by atoms with Crippen LogP contribution in [0.3, 0.4) is 0 Å². The van der Waals surface area contributed by atoms with E-state index in [-0.39, 0.29) is 43.4 Å². The molecule has 0 aliphatic heterocycles. The second-order valence-corrected chi connectivity index (χ2v) is 17.2. The van der Waals surface area contributed by atoms with Gasteiger partial charge in [-0.15, -0.1) is 0 Å². The van der Waals surface area contributed by atoms with Crippen molar-refractivity contribution in [3.63, 3.8) is 0 Å². The molecule has 291 valence electrons. The molecular formula is C48H65Cl2N3V. The van der Waals surface area contributed by atoms with Gasteiger partial charge in [-0.25, -0.2) is 4.98 Å². The maximum Gasteiger partial charge on any atom is 2.00 e. The number of benzene rings is 2. The summed E-state index contributed by atoms with van der Waals surface area (Å²) in [6.45, 7) is 11.2. The first kappa shape index (κ1) is 44.8. The van der Waals surface area contributed by atoms with Gasteiger partial charge in [-0.1, -0.05) is 112 Å². The summed E-state index contributed by atoms with van der Waals surface area (Å²) in [4.78, 5) is 16.6. The van der Waals surface area contributed by atoms with E-state index in [0.717, 1.165) is 22.8 Å². The van der Waals surface area contributed by atoms with Crippen molar-refractivity contribution < 1.29 is 43.4 Å². The third-order valence-electron chi connectivity index (χ3n) is 13.1. The van der Waals surface area contributed by atoms with Crippen LogP contribution in [-0.2, 0) is 18.6 Å². The Labute approximate surface area is 352 Å². The standard InChI is InChI=1S/C48H65N3.2ClH.V/c1-32-26-41(37-18-10-6-11-19-37)47(42(27-32)38-20-12-7-13-21-38)49-35(4)45-30-34(3)31-46(51-45)36(5)50-48-43(39-22-14-8-15-23-39)28-33(2)29-44(48)40-24-16-9-17-25-40;;;/h26-31,37-40H,6-25H2,1-5H3;2*1H;/q;;;+2/p-2. The van der Waals surface area contributed by atoms with Gasteiger partial charge >= 0.3 is 18.6 Å². The van der Waals surface area contributed by atoms with E-state index in [1.54, 1.807) is 0 Å². The predicted octanol–water partition coefficient (Wildman–Crippen LogP) is 8.48. The summed E-state index contributed by atoms with van der Waals surface area (Å²) in [5.41, 5.74) is 16.7. The number of nitrogens with zero attached hydrogens (tertiary/aromatic N) is 3. The molecule has 54 heavy (non-hydrogen) atoms. The largest absolute Gasteiger partial charge is 2.00 e. The van der Waals surface area contributed by atoms with Crippen LogP contribution >= 0.6 is 0 Å². The molecule has 0 amide bonds. The SMILES string of the molecule is CC(=Nc1c(C2CCCCC2)cc(C)cc1C1CCCCC1)c1cc(C)cc(C(C)=Nc2c(C3CCCCC3)cc(C)cc2C2CCCCC2)n1.[Cl-].[Cl-].[V+2]. The van der Waals surface area contributed by atoms with Gasteiger partial charge in [-0.05, 0) is 150 Å². The van der Waals surface area contributed by atoms with Crippen LogP contribution in [0.2, 0.25) is 0 Å². The summed E-state index contributed by atoms with van der Waals surface area (Å²) < 4.78 is 0. The topological polar surface area (TPSA) is 37.6 Å². The molecule has 0 N–H and O–H groups in total. The van der Waals surface area contributed by atoms with Gasteiger partial charge in [-0.3, -0.25) is 9.98 Å². The summed E-state index contributed by atoms with van der Waals surface area (Å²) >= 11 is 0. The van der Waals surface area contributed by atoms with Crippen LogP contribution < -0.4 is 24.8 Å². The zero-order chi connectivity index (χ0) is 35.3. The molecule has 4 aliphatic carbocycles. The first-order valence-corrected chi connectivity index (χ1v) is 21.2. The molecule has 0 atom stereocenters. The van der Waals surface area contributed by atoms with E-state index in [1.165, 1.54) is 179 Å². The number of rotatable bonds is 8. The molecule has 3 nitrogen and oxygen atoms in total. The quantitative estimate of drug-likeness (QED) is 0.211. The van der Waals surface area contributed by atoms with Gasteiger partial charge in [0.15, 0.2) is 0 Å². The fraction of sp³-hybridized carbons (Fsp3) is 0.604. The number of aryl methyl sites for hydroxylation is 3. The maximum atomic E-state index is 5.62. The van der Waals surface area contributed by atoms with E-state index in [2.05, 4.69) is 71.0 Å². The molecule has 0 saturated heterocycles. The molecule has 3 aromatic rings. The molecule has 2 aromatic carbocycles. The Balaban J connectivity index is 0.00000217.